The van der Waals surface area contributed by atoms with E-state index in [0.29, 0.717) is 0 Å². The predicted molar refractivity (Wildman–Crippen MR) is 196 cm³/mol. The predicted octanol–water partition coefficient (Wildman–Crippen LogP) is 2.92. The van der Waals surface area contributed by atoms with Crippen LogP contribution in [-0.2, 0) is 52.5 Å². The minimum atomic E-state index is -4.09. The van der Waals surface area contributed by atoms with Crippen molar-refractivity contribution >= 4 is 49.0 Å². The van der Waals surface area contributed by atoms with Gasteiger partial charge in [-0.2, -0.15) is 21.1 Å². The van der Waals surface area contributed by atoms with E-state index in [2.05, 4.69) is 20.8 Å². The van der Waals surface area contributed by atoms with Crippen LogP contribution in [0.5, 0.6) is 0 Å². The maximum atomic E-state index is 14.1. The summed E-state index contributed by atoms with van der Waals surface area (Å²) in [6.07, 6.45) is 1.00. The number of rotatable bonds is 21. The molecule has 278 valence electrons. The largest absolute Gasteiger partial charge is 0.405 e. The fourth-order valence-corrected chi connectivity index (χ4v) is 12.2. The summed E-state index contributed by atoms with van der Waals surface area (Å²) in [6, 6.07) is 26.3. The molecule has 16 heteroatoms. The molecule has 3 aromatic carbocycles. The molecule has 0 heterocycles. The Labute approximate surface area is 299 Å². The van der Waals surface area contributed by atoms with E-state index in [9.17, 15) is 25.3 Å². The number of ether oxygens (including phenoxy) is 2. The summed E-state index contributed by atoms with van der Waals surface area (Å²) in [5, 5.41) is 1.66. The van der Waals surface area contributed by atoms with E-state index in [1.165, 1.54) is 16.4 Å². The van der Waals surface area contributed by atoms with Crippen LogP contribution < -0.4 is 10.4 Å². The molecule has 3 rings (SSSR count). The van der Waals surface area contributed by atoms with Crippen LogP contribution in [0.1, 0.15) is 26.3 Å². The summed E-state index contributed by atoms with van der Waals surface area (Å²) in [4.78, 5) is 0.0653. The molecule has 0 saturated carbocycles. The summed E-state index contributed by atoms with van der Waals surface area (Å²) >= 11 is 0. The van der Waals surface area contributed by atoms with Crippen molar-refractivity contribution in [3.05, 3.63) is 90.5 Å². The van der Waals surface area contributed by atoms with E-state index in [1.54, 1.807) is 12.1 Å². The molecule has 0 unspecified atom stereocenters. The van der Waals surface area contributed by atoms with E-state index >= 15 is 0 Å². The van der Waals surface area contributed by atoms with Crippen LogP contribution in [0, 0.1) is 6.92 Å². The quantitative estimate of drug-likeness (QED) is 0.0894. The number of hydrogen-bond acceptors (Lipinski definition) is 11. The first-order valence-electron chi connectivity index (χ1n) is 16.1. The zero-order valence-electron chi connectivity index (χ0n) is 29.5. The number of sulfonamides is 1. The fraction of sp³-hybridized carbons (Fsp3) is 0.471. The van der Waals surface area contributed by atoms with E-state index in [0.717, 1.165) is 28.4 Å². The summed E-state index contributed by atoms with van der Waals surface area (Å²) < 4.78 is 104. The maximum Gasteiger partial charge on any atom is 0.264 e. The molecule has 0 radical (unpaired) electrons. The first-order chi connectivity index (χ1) is 23.3. The molecule has 1 atom stereocenters. The Morgan fingerprint density at radius 1 is 0.680 bits per heavy atom. The van der Waals surface area contributed by atoms with Crippen molar-refractivity contribution in [2.75, 3.05) is 65.2 Å². The maximum absolute atomic E-state index is 14.1. The lowest BCUT2D eigenvalue weighted by molar-refractivity contribution is -0.00634. The number of nitrogens with zero attached hydrogens (tertiary/aromatic N) is 1. The Morgan fingerprint density at radius 3 is 1.66 bits per heavy atom. The van der Waals surface area contributed by atoms with E-state index in [1.807, 2.05) is 67.6 Å². The van der Waals surface area contributed by atoms with Gasteiger partial charge in [0.05, 0.1) is 63.2 Å². The van der Waals surface area contributed by atoms with Crippen LogP contribution in [0.4, 0.5) is 0 Å². The van der Waals surface area contributed by atoms with Crippen molar-refractivity contribution < 1.29 is 47.5 Å². The average molecular weight is 772 g/mol. The van der Waals surface area contributed by atoms with Crippen LogP contribution >= 0.6 is 0 Å². The minimum Gasteiger partial charge on any atom is -0.405 e. The molecule has 12 nitrogen and oxygen atoms in total. The van der Waals surface area contributed by atoms with Crippen molar-refractivity contribution in [2.24, 2.45) is 0 Å². The molecule has 0 aliphatic heterocycles. The van der Waals surface area contributed by atoms with Gasteiger partial charge in [-0.15, -0.1) is 0 Å². The molecule has 3 aromatic rings. The molecular formula is C34H49NO11S3Si. The highest BCUT2D eigenvalue weighted by Crippen LogP contribution is 2.37. The van der Waals surface area contributed by atoms with Crippen molar-refractivity contribution in [3.8, 4) is 0 Å². The van der Waals surface area contributed by atoms with Crippen LogP contribution in [0.25, 0.3) is 0 Å². The molecule has 0 amide bonds. The van der Waals surface area contributed by atoms with Gasteiger partial charge in [-0.05, 0) is 34.5 Å². The fourth-order valence-electron chi connectivity index (χ4n) is 5.44. The summed E-state index contributed by atoms with van der Waals surface area (Å²) in [5.74, 6) is 0. The molecule has 0 saturated heterocycles. The van der Waals surface area contributed by atoms with Gasteiger partial charge < -0.3 is 13.9 Å². The zero-order chi connectivity index (χ0) is 37.1. The second kappa shape index (κ2) is 18.3. The number of benzene rings is 3. The lowest BCUT2D eigenvalue weighted by Gasteiger charge is -2.44. The van der Waals surface area contributed by atoms with Gasteiger partial charge in [0.1, 0.15) is 0 Å². The highest BCUT2D eigenvalue weighted by Gasteiger charge is 2.50. The standard InChI is InChI=1S/C34H49NO11S3Si/c1-29-17-19-31(20-18-29)49(40,41)35(21-22-42-23-25-44-47(5,36)37)27-30(43-24-26-45-48(6,38)39)28-46-50(34(2,3)4,32-13-9-7-10-14-32)33-15-11-8-12-16-33/h7-20,30H,21-28H2,1-6H3/t30-/m0/s1. The number of hydrogen-bond donors (Lipinski definition) is 0. The SMILES string of the molecule is Cc1ccc(S(=O)(=O)N(CCOCCOS(C)(=O)=O)C[C@@H](CO[Si](c2ccccc2)(c2ccccc2)C(C)(C)C)OCCOS(C)(=O)=O)cc1. The first-order valence-corrected chi connectivity index (χ1v) is 23.0. The second-order valence-electron chi connectivity index (χ2n) is 12.8. The third kappa shape index (κ3) is 12.6. The van der Waals surface area contributed by atoms with Gasteiger partial charge in [-0.1, -0.05) is 99.1 Å². The Hall–Kier alpha value is -2.51. The lowest BCUT2D eigenvalue weighted by Crippen LogP contribution is -2.67. The molecule has 0 bridgehead atoms. The normalized spacial score (nSPS) is 13.8. The minimum absolute atomic E-state index is 0.0326. The van der Waals surface area contributed by atoms with Crippen molar-refractivity contribution in [3.63, 3.8) is 0 Å². The van der Waals surface area contributed by atoms with Crippen LogP contribution in [0.3, 0.4) is 0 Å². The van der Waals surface area contributed by atoms with E-state index in [4.69, 9.17) is 22.3 Å². The van der Waals surface area contributed by atoms with Gasteiger partial charge in [0.2, 0.25) is 10.0 Å². The third-order valence-corrected chi connectivity index (χ3v) is 15.8. The lowest BCUT2D eigenvalue weighted by atomic mass is 10.2. The second-order valence-corrected chi connectivity index (χ2v) is 22.3. The Kier molecular flexibility index (Phi) is 15.3. The van der Waals surface area contributed by atoms with Gasteiger partial charge in [-0.3, -0.25) is 8.37 Å². The summed E-state index contributed by atoms with van der Waals surface area (Å²) in [5.41, 5.74) is 0.885. The summed E-state index contributed by atoms with van der Waals surface area (Å²) in [6.45, 7) is 7.11. The average Bonchev–Trinajstić information content (AvgIpc) is 3.03. The van der Waals surface area contributed by atoms with Crippen molar-refractivity contribution in [1.82, 2.24) is 4.31 Å². The van der Waals surface area contributed by atoms with E-state index < -0.39 is 44.7 Å². The topological polar surface area (TPSA) is 152 Å². The molecule has 0 aromatic heterocycles. The van der Waals surface area contributed by atoms with Crippen LogP contribution in [0.15, 0.2) is 89.8 Å². The van der Waals surface area contributed by atoms with Gasteiger partial charge in [0, 0.05) is 13.1 Å². The molecule has 0 fully saturated rings. The van der Waals surface area contributed by atoms with Crippen LogP contribution in [-0.4, -0.2) is 109 Å². The van der Waals surface area contributed by atoms with Gasteiger partial charge in [0.15, 0.2) is 0 Å². The Bertz CT molecular complexity index is 1760. The molecule has 0 spiro atoms. The van der Waals surface area contributed by atoms with E-state index in [-0.39, 0.29) is 62.7 Å². The van der Waals surface area contributed by atoms with Gasteiger partial charge in [-0.25, -0.2) is 8.42 Å². The van der Waals surface area contributed by atoms with Crippen molar-refractivity contribution in [1.29, 1.82) is 0 Å². The highest BCUT2D eigenvalue weighted by molar-refractivity contribution is 7.89. The van der Waals surface area contributed by atoms with Gasteiger partial charge >= 0.3 is 0 Å². The molecule has 50 heavy (non-hydrogen) atoms. The summed E-state index contributed by atoms with van der Waals surface area (Å²) in [7, 11) is -14.6. The smallest absolute Gasteiger partial charge is 0.264 e. The Balaban J connectivity index is 1.99. The van der Waals surface area contributed by atoms with Crippen molar-refractivity contribution in [2.45, 2.75) is 43.7 Å². The molecule has 0 aliphatic rings. The monoisotopic (exact) mass is 771 g/mol. The highest BCUT2D eigenvalue weighted by atomic mass is 32.2. The molecular weight excluding hydrogens is 723 g/mol. The number of aryl methyl sites for hydroxylation is 1. The zero-order valence-corrected chi connectivity index (χ0v) is 32.9. The molecule has 0 N–H and O–H groups in total. The van der Waals surface area contributed by atoms with Gasteiger partial charge in [0.25, 0.3) is 28.6 Å². The van der Waals surface area contributed by atoms with Crippen LogP contribution in [0.2, 0.25) is 5.04 Å². The Morgan fingerprint density at radius 2 is 1.18 bits per heavy atom. The third-order valence-electron chi connectivity index (χ3n) is 7.71. The molecule has 0 aliphatic carbocycles. The first kappa shape index (κ1) is 41.9.